The molecule has 2 N–H and O–H groups in total. The van der Waals surface area contributed by atoms with Crippen molar-refractivity contribution >= 4 is 35.5 Å². The molecule has 1 aromatic rings. The maximum Gasteiger partial charge on any atom is 0.331 e. The van der Waals surface area contributed by atoms with Crippen molar-refractivity contribution in [1.29, 1.82) is 0 Å². The van der Waals surface area contributed by atoms with E-state index in [2.05, 4.69) is 10.6 Å². The Balaban J connectivity index is 2.42. The summed E-state index contributed by atoms with van der Waals surface area (Å²) in [5, 5.41) is 4.88. The molecule has 0 aromatic heterocycles. The molecule has 1 atom stereocenters. The van der Waals surface area contributed by atoms with Gasteiger partial charge in [-0.05, 0) is 37.6 Å². The van der Waals surface area contributed by atoms with Crippen molar-refractivity contribution < 1.29 is 23.5 Å². The summed E-state index contributed by atoms with van der Waals surface area (Å²) in [5.74, 6) is -2.24. The van der Waals surface area contributed by atoms with E-state index in [0.717, 1.165) is 6.08 Å². The zero-order valence-electron chi connectivity index (χ0n) is 13.3. The van der Waals surface area contributed by atoms with Crippen LogP contribution in [0.5, 0.6) is 0 Å². The monoisotopic (exact) mass is 356 g/mol. The number of amides is 2. The second-order valence-electron chi connectivity index (χ2n) is 4.80. The quantitative estimate of drug-likeness (QED) is 0.575. The van der Waals surface area contributed by atoms with Crippen molar-refractivity contribution in [3.05, 3.63) is 40.7 Å². The van der Waals surface area contributed by atoms with Crippen LogP contribution in [-0.2, 0) is 19.1 Å². The third-order valence-electron chi connectivity index (χ3n) is 2.82. The first-order valence-electron chi connectivity index (χ1n) is 7.20. The van der Waals surface area contributed by atoms with Crippen molar-refractivity contribution in [3.8, 4) is 0 Å². The molecule has 0 heterocycles. The first kappa shape index (κ1) is 19.6. The van der Waals surface area contributed by atoms with Crippen LogP contribution >= 0.6 is 11.6 Å². The Morgan fingerprint density at radius 3 is 2.71 bits per heavy atom. The highest BCUT2D eigenvalue weighted by Gasteiger charge is 2.15. The molecule has 0 aliphatic carbocycles. The van der Waals surface area contributed by atoms with E-state index in [9.17, 15) is 18.8 Å². The van der Waals surface area contributed by atoms with Crippen LogP contribution in [0.3, 0.4) is 0 Å². The lowest BCUT2D eigenvalue weighted by Crippen LogP contribution is -2.46. The van der Waals surface area contributed by atoms with Crippen LogP contribution in [0.15, 0.2) is 24.3 Å². The highest BCUT2D eigenvalue weighted by atomic mass is 35.5. The first-order valence-corrected chi connectivity index (χ1v) is 7.58. The topological polar surface area (TPSA) is 84.5 Å². The van der Waals surface area contributed by atoms with Gasteiger partial charge in [0.1, 0.15) is 11.9 Å². The largest absolute Gasteiger partial charge is 0.452 e. The van der Waals surface area contributed by atoms with Crippen LogP contribution in [0.2, 0.25) is 5.02 Å². The third-order valence-corrected chi connectivity index (χ3v) is 3.11. The molecule has 0 saturated carbocycles. The van der Waals surface area contributed by atoms with E-state index < -0.39 is 30.3 Å². The Bertz CT molecular complexity index is 649. The fraction of sp³-hybridized carbons (Fsp3) is 0.312. The van der Waals surface area contributed by atoms with Crippen molar-refractivity contribution in [2.75, 3.05) is 13.2 Å². The standard InChI is InChI=1S/C16H18ClFN2O4/c1-3-19-16(23)10(2)20-14(21)9-24-15(22)7-5-11-4-6-13(18)12(17)8-11/h4-8,10H,3,9H2,1-2H3,(H,19,23)(H,20,21)/b7-5+/t10-/m1/s1. The minimum atomic E-state index is -0.753. The summed E-state index contributed by atoms with van der Waals surface area (Å²) in [6.07, 6.45) is 2.47. The summed E-state index contributed by atoms with van der Waals surface area (Å²) in [6, 6.07) is 3.23. The van der Waals surface area contributed by atoms with Crippen LogP contribution in [0, 0.1) is 5.82 Å². The molecule has 6 nitrogen and oxygen atoms in total. The van der Waals surface area contributed by atoms with Crippen molar-refractivity contribution in [2.24, 2.45) is 0 Å². The molecule has 1 rings (SSSR count). The highest BCUT2D eigenvalue weighted by molar-refractivity contribution is 6.30. The predicted octanol–water partition coefficient (Wildman–Crippen LogP) is 1.68. The summed E-state index contributed by atoms with van der Waals surface area (Å²) in [7, 11) is 0. The Morgan fingerprint density at radius 1 is 1.38 bits per heavy atom. The van der Waals surface area contributed by atoms with Crippen LogP contribution in [0.4, 0.5) is 4.39 Å². The number of esters is 1. The van der Waals surface area contributed by atoms with Crippen LogP contribution in [0.1, 0.15) is 19.4 Å². The Morgan fingerprint density at radius 2 is 2.08 bits per heavy atom. The van der Waals surface area contributed by atoms with E-state index in [1.807, 2.05) is 0 Å². The fourth-order valence-electron chi connectivity index (χ4n) is 1.64. The van der Waals surface area contributed by atoms with Crippen LogP contribution in [0.25, 0.3) is 6.08 Å². The lowest BCUT2D eigenvalue weighted by Gasteiger charge is -2.12. The molecular weight excluding hydrogens is 339 g/mol. The molecule has 1 aromatic carbocycles. The Labute approximate surface area is 144 Å². The molecule has 2 amide bonds. The normalized spacial score (nSPS) is 11.8. The minimum absolute atomic E-state index is 0.0655. The second-order valence-corrected chi connectivity index (χ2v) is 5.21. The number of rotatable bonds is 7. The smallest absolute Gasteiger partial charge is 0.331 e. The molecule has 0 fully saturated rings. The van der Waals surface area contributed by atoms with E-state index in [4.69, 9.17) is 16.3 Å². The number of likely N-dealkylation sites (N-methyl/N-ethyl adjacent to an activating group) is 1. The number of hydrogen-bond donors (Lipinski definition) is 2. The second kappa shape index (κ2) is 9.67. The molecule has 130 valence electrons. The van der Waals surface area contributed by atoms with Crippen LogP contribution in [-0.4, -0.2) is 37.0 Å². The van der Waals surface area contributed by atoms with Gasteiger partial charge in [0.25, 0.3) is 5.91 Å². The van der Waals surface area contributed by atoms with Crippen molar-refractivity contribution in [2.45, 2.75) is 19.9 Å². The summed E-state index contributed by atoms with van der Waals surface area (Å²) >= 11 is 5.62. The average Bonchev–Trinajstić information content (AvgIpc) is 2.54. The van der Waals surface area contributed by atoms with Gasteiger partial charge in [0, 0.05) is 12.6 Å². The van der Waals surface area contributed by atoms with Gasteiger partial charge in [0.2, 0.25) is 5.91 Å². The summed E-state index contributed by atoms with van der Waals surface area (Å²) in [6.45, 7) is 3.21. The molecule has 0 aliphatic heterocycles. The molecule has 24 heavy (non-hydrogen) atoms. The predicted molar refractivity (Wildman–Crippen MR) is 87.7 cm³/mol. The third kappa shape index (κ3) is 6.78. The van der Waals surface area contributed by atoms with Gasteiger partial charge >= 0.3 is 5.97 Å². The number of carbonyl (C=O) groups excluding carboxylic acids is 3. The van der Waals surface area contributed by atoms with E-state index in [0.29, 0.717) is 12.1 Å². The number of benzene rings is 1. The Kier molecular flexibility index (Phi) is 7.91. The van der Waals surface area contributed by atoms with Gasteiger partial charge in [-0.1, -0.05) is 17.7 Å². The summed E-state index contributed by atoms with van der Waals surface area (Å²) in [5.41, 5.74) is 0.507. The number of ether oxygens (including phenoxy) is 1. The van der Waals surface area contributed by atoms with Crippen molar-refractivity contribution in [1.82, 2.24) is 10.6 Å². The van der Waals surface area contributed by atoms with E-state index in [1.165, 1.54) is 31.2 Å². The van der Waals surface area contributed by atoms with Gasteiger partial charge in [-0.25, -0.2) is 9.18 Å². The minimum Gasteiger partial charge on any atom is -0.452 e. The lowest BCUT2D eigenvalue weighted by molar-refractivity contribution is -0.144. The molecule has 0 radical (unpaired) electrons. The maximum atomic E-state index is 13.0. The average molecular weight is 357 g/mol. The lowest BCUT2D eigenvalue weighted by atomic mass is 10.2. The molecule has 8 heteroatoms. The zero-order chi connectivity index (χ0) is 18.1. The van der Waals surface area contributed by atoms with Crippen molar-refractivity contribution in [3.63, 3.8) is 0 Å². The molecule has 0 aliphatic rings. The maximum absolute atomic E-state index is 13.0. The molecule has 0 bridgehead atoms. The van der Waals surface area contributed by atoms with Gasteiger partial charge in [-0.15, -0.1) is 0 Å². The molecule has 0 saturated heterocycles. The number of halogens is 2. The van der Waals surface area contributed by atoms with E-state index >= 15 is 0 Å². The molecule has 0 unspecified atom stereocenters. The molecular formula is C16H18ClFN2O4. The molecule has 0 spiro atoms. The van der Waals surface area contributed by atoms with Gasteiger partial charge in [-0.2, -0.15) is 0 Å². The highest BCUT2D eigenvalue weighted by Crippen LogP contribution is 2.16. The van der Waals surface area contributed by atoms with Gasteiger partial charge in [0.15, 0.2) is 6.61 Å². The zero-order valence-corrected chi connectivity index (χ0v) is 14.0. The fourth-order valence-corrected chi connectivity index (χ4v) is 1.83. The number of nitrogens with one attached hydrogen (secondary N) is 2. The van der Waals surface area contributed by atoms with Gasteiger partial charge < -0.3 is 15.4 Å². The van der Waals surface area contributed by atoms with Crippen LogP contribution < -0.4 is 10.6 Å². The Hall–Kier alpha value is -2.41. The van der Waals surface area contributed by atoms with E-state index in [1.54, 1.807) is 6.92 Å². The van der Waals surface area contributed by atoms with Gasteiger partial charge in [0.05, 0.1) is 5.02 Å². The number of hydrogen-bond acceptors (Lipinski definition) is 4. The summed E-state index contributed by atoms with van der Waals surface area (Å²) in [4.78, 5) is 34.5. The van der Waals surface area contributed by atoms with E-state index in [-0.39, 0.29) is 10.9 Å². The van der Waals surface area contributed by atoms with Gasteiger partial charge in [-0.3, -0.25) is 9.59 Å². The number of carbonyl (C=O) groups is 3. The summed E-state index contributed by atoms with van der Waals surface area (Å²) < 4.78 is 17.7. The first-order chi connectivity index (χ1) is 11.3. The SMILES string of the molecule is CCNC(=O)[C@@H](C)NC(=O)COC(=O)/C=C/c1ccc(F)c(Cl)c1.